The summed E-state index contributed by atoms with van der Waals surface area (Å²) in [6.45, 7) is 2.52. The molecule has 0 spiro atoms. The van der Waals surface area contributed by atoms with Gasteiger partial charge in [-0.2, -0.15) is 5.10 Å². The molecule has 0 atom stereocenters. The van der Waals surface area contributed by atoms with E-state index in [2.05, 4.69) is 10.2 Å². The van der Waals surface area contributed by atoms with Crippen molar-refractivity contribution in [3.05, 3.63) is 11.4 Å². The van der Waals surface area contributed by atoms with Crippen LogP contribution in [-0.2, 0) is 13.8 Å². The number of hydrogen-bond acceptors (Lipinski definition) is 5. The number of piperidine rings is 1. The zero-order valence-electron chi connectivity index (χ0n) is 11.2. The monoisotopic (exact) mass is 321 g/mol. The van der Waals surface area contributed by atoms with Crippen molar-refractivity contribution in [2.45, 2.75) is 30.8 Å². The summed E-state index contributed by atoms with van der Waals surface area (Å²) in [5, 5.41) is 6.28. The van der Waals surface area contributed by atoms with Gasteiger partial charge in [-0.3, -0.25) is 9.89 Å². The zero-order valence-corrected chi connectivity index (χ0v) is 12.8. The summed E-state index contributed by atoms with van der Waals surface area (Å²) in [7, 11) is 2.98. The van der Waals surface area contributed by atoms with Gasteiger partial charge in [-0.15, -0.1) is 0 Å². The third-order valence-electron chi connectivity index (χ3n) is 3.40. The van der Waals surface area contributed by atoms with Gasteiger partial charge in [0.05, 0.1) is 11.8 Å². The topological polar surface area (TPSA) is 92.4 Å². The molecule has 1 aromatic rings. The van der Waals surface area contributed by atoms with Crippen LogP contribution in [-0.4, -0.2) is 55.7 Å². The molecule has 1 aliphatic rings. The Bertz CT molecular complexity index is 605. The van der Waals surface area contributed by atoms with E-state index in [1.165, 1.54) is 6.92 Å². The Kier molecular flexibility index (Phi) is 4.36. The number of aryl methyl sites for hydroxylation is 1. The Hall–Kier alpha value is -1.12. The number of aromatic amines is 1. The normalized spacial score (nSPS) is 17.4. The third kappa shape index (κ3) is 2.97. The lowest BCUT2D eigenvalue weighted by atomic mass is 10.1. The molecule has 1 aromatic heterocycles. The SMILES string of the molecule is COC1CCN(C(=O)c2n[nH]c(C)c2S(=O)(=O)Cl)CC1. The molecule has 2 heterocycles. The van der Waals surface area contributed by atoms with E-state index in [1.807, 2.05) is 0 Å². The van der Waals surface area contributed by atoms with Gasteiger partial charge in [0.25, 0.3) is 15.0 Å². The first kappa shape index (κ1) is 15.3. The summed E-state index contributed by atoms with van der Waals surface area (Å²) in [5.74, 6) is -0.428. The molecule has 0 aromatic carbocycles. The van der Waals surface area contributed by atoms with Crippen molar-refractivity contribution in [1.29, 1.82) is 0 Å². The van der Waals surface area contributed by atoms with Gasteiger partial charge in [0.2, 0.25) is 0 Å². The smallest absolute Gasteiger partial charge is 0.275 e. The number of carbonyl (C=O) groups is 1. The highest BCUT2D eigenvalue weighted by Gasteiger charge is 2.31. The fourth-order valence-corrected chi connectivity index (χ4v) is 3.65. The van der Waals surface area contributed by atoms with Crippen LogP contribution in [0.25, 0.3) is 0 Å². The molecule has 1 amide bonds. The second-order valence-electron chi connectivity index (χ2n) is 4.69. The number of hydrogen-bond donors (Lipinski definition) is 1. The zero-order chi connectivity index (χ0) is 14.9. The van der Waals surface area contributed by atoms with Gasteiger partial charge < -0.3 is 9.64 Å². The summed E-state index contributed by atoms with van der Waals surface area (Å²) in [5.41, 5.74) is 0.114. The van der Waals surface area contributed by atoms with E-state index in [9.17, 15) is 13.2 Å². The van der Waals surface area contributed by atoms with Crippen molar-refractivity contribution in [2.75, 3.05) is 20.2 Å². The predicted molar refractivity (Wildman–Crippen MR) is 72.3 cm³/mol. The van der Waals surface area contributed by atoms with Crippen LogP contribution in [0.2, 0.25) is 0 Å². The highest BCUT2D eigenvalue weighted by molar-refractivity contribution is 8.13. The summed E-state index contributed by atoms with van der Waals surface area (Å²) >= 11 is 0. The maximum absolute atomic E-state index is 12.4. The van der Waals surface area contributed by atoms with Crippen LogP contribution in [0.15, 0.2) is 4.90 Å². The summed E-state index contributed by atoms with van der Waals surface area (Å²) < 4.78 is 28.3. The lowest BCUT2D eigenvalue weighted by Crippen LogP contribution is -2.41. The Labute approximate surface area is 121 Å². The van der Waals surface area contributed by atoms with Gasteiger partial charge in [0.15, 0.2) is 5.69 Å². The van der Waals surface area contributed by atoms with Gasteiger partial charge in [0.1, 0.15) is 4.90 Å². The van der Waals surface area contributed by atoms with E-state index >= 15 is 0 Å². The molecule has 1 N–H and O–H groups in total. The second kappa shape index (κ2) is 5.71. The summed E-state index contributed by atoms with van der Waals surface area (Å²) in [6, 6.07) is 0. The molecule has 1 saturated heterocycles. The van der Waals surface area contributed by atoms with Gasteiger partial charge in [-0.25, -0.2) is 8.42 Å². The number of nitrogens with zero attached hydrogens (tertiary/aromatic N) is 2. The minimum atomic E-state index is -4.01. The van der Waals surface area contributed by atoms with Crippen LogP contribution in [0.5, 0.6) is 0 Å². The molecule has 0 radical (unpaired) electrons. The molecular formula is C11H16ClN3O4S. The van der Waals surface area contributed by atoms with Crippen molar-refractivity contribution >= 4 is 25.6 Å². The van der Waals surface area contributed by atoms with Gasteiger partial charge in [0, 0.05) is 30.9 Å². The van der Waals surface area contributed by atoms with Crippen LogP contribution in [0.1, 0.15) is 29.0 Å². The Balaban J connectivity index is 2.23. The van der Waals surface area contributed by atoms with Crippen LogP contribution < -0.4 is 0 Å². The minimum Gasteiger partial charge on any atom is -0.381 e. The van der Waals surface area contributed by atoms with Crippen molar-refractivity contribution in [1.82, 2.24) is 15.1 Å². The molecule has 2 rings (SSSR count). The molecule has 7 nitrogen and oxygen atoms in total. The van der Waals surface area contributed by atoms with E-state index in [0.717, 1.165) is 0 Å². The maximum atomic E-state index is 12.4. The van der Waals surface area contributed by atoms with E-state index in [-0.39, 0.29) is 22.4 Å². The largest absolute Gasteiger partial charge is 0.381 e. The van der Waals surface area contributed by atoms with E-state index < -0.39 is 15.0 Å². The average Bonchev–Trinajstić information content (AvgIpc) is 2.80. The van der Waals surface area contributed by atoms with Gasteiger partial charge in [-0.1, -0.05) is 0 Å². The molecule has 9 heteroatoms. The molecule has 0 unspecified atom stereocenters. The predicted octanol–water partition coefficient (Wildman–Crippen LogP) is 0.897. The number of amides is 1. The Morgan fingerprint density at radius 3 is 2.55 bits per heavy atom. The quantitative estimate of drug-likeness (QED) is 0.835. The fraction of sp³-hybridized carbons (Fsp3) is 0.636. The highest BCUT2D eigenvalue weighted by atomic mass is 35.7. The maximum Gasteiger partial charge on any atom is 0.275 e. The Morgan fingerprint density at radius 1 is 1.45 bits per heavy atom. The molecule has 20 heavy (non-hydrogen) atoms. The van der Waals surface area contributed by atoms with Crippen molar-refractivity contribution in [3.8, 4) is 0 Å². The first-order valence-electron chi connectivity index (χ1n) is 6.16. The lowest BCUT2D eigenvalue weighted by Gasteiger charge is -2.30. The molecule has 1 aliphatic heterocycles. The first-order chi connectivity index (χ1) is 9.34. The molecule has 0 aliphatic carbocycles. The molecular weight excluding hydrogens is 306 g/mol. The van der Waals surface area contributed by atoms with Gasteiger partial charge in [-0.05, 0) is 19.8 Å². The molecule has 112 valence electrons. The van der Waals surface area contributed by atoms with Gasteiger partial charge >= 0.3 is 0 Å². The first-order valence-corrected chi connectivity index (χ1v) is 8.47. The number of carbonyl (C=O) groups excluding carboxylic acids is 1. The molecule has 0 bridgehead atoms. The van der Waals surface area contributed by atoms with Crippen LogP contribution >= 0.6 is 10.7 Å². The number of nitrogens with one attached hydrogen (secondary N) is 1. The second-order valence-corrected chi connectivity index (χ2v) is 7.19. The lowest BCUT2D eigenvalue weighted by molar-refractivity contribution is 0.0345. The fourth-order valence-electron chi connectivity index (χ4n) is 2.31. The minimum absolute atomic E-state index is 0.135. The number of rotatable bonds is 3. The van der Waals surface area contributed by atoms with Crippen LogP contribution in [0.3, 0.4) is 0 Å². The summed E-state index contributed by atoms with van der Waals surface area (Å²) in [6.07, 6.45) is 1.57. The van der Waals surface area contributed by atoms with E-state index in [4.69, 9.17) is 15.4 Å². The highest BCUT2D eigenvalue weighted by Crippen LogP contribution is 2.24. The third-order valence-corrected chi connectivity index (χ3v) is 4.85. The van der Waals surface area contributed by atoms with E-state index in [1.54, 1.807) is 12.0 Å². The standard InChI is InChI=1S/C11H16ClN3O4S/c1-7-10(20(12,17)18)9(14-13-7)11(16)15-5-3-8(19-2)4-6-15/h8H,3-6H2,1-2H3,(H,13,14). The Morgan fingerprint density at radius 2 is 2.05 bits per heavy atom. The van der Waals surface area contributed by atoms with E-state index in [0.29, 0.717) is 25.9 Å². The number of methoxy groups -OCH3 is 1. The number of aromatic nitrogens is 2. The molecule has 1 fully saturated rings. The summed E-state index contributed by atoms with van der Waals surface area (Å²) in [4.78, 5) is 13.7. The van der Waals surface area contributed by atoms with Crippen LogP contribution in [0, 0.1) is 6.92 Å². The number of H-pyrrole nitrogens is 1. The van der Waals surface area contributed by atoms with Crippen molar-refractivity contribution < 1.29 is 17.9 Å². The average molecular weight is 322 g/mol. The molecule has 0 saturated carbocycles. The number of halogens is 1. The number of ether oxygens (including phenoxy) is 1. The van der Waals surface area contributed by atoms with Crippen LogP contribution in [0.4, 0.5) is 0 Å². The van der Waals surface area contributed by atoms with Crippen molar-refractivity contribution in [2.24, 2.45) is 0 Å². The van der Waals surface area contributed by atoms with Crippen molar-refractivity contribution in [3.63, 3.8) is 0 Å². The number of likely N-dealkylation sites (tertiary alicyclic amines) is 1.